The van der Waals surface area contributed by atoms with Crippen LogP contribution in [0.15, 0.2) is 24.5 Å². The van der Waals surface area contributed by atoms with Gasteiger partial charge in [-0.2, -0.15) is 10.1 Å². The maximum absolute atomic E-state index is 11.3. The lowest BCUT2D eigenvalue weighted by atomic mass is 10.2. The standard InChI is InChI=1S/C16H16N6O2/c1-9(23)19-13-7-12-11(8-18-13)15(10-3-4-10)21-22(12)14-5-6-17-16(20-14)24-2/h5-8,10H,3-4H2,1-2H3,(H,18,19,23). The highest BCUT2D eigenvalue weighted by Crippen LogP contribution is 2.42. The Morgan fingerprint density at radius 3 is 2.92 bits per heavy atom. The van der Waals surface area contributed by atoms with Crippen LogP contribution in [0.3, 0.4) is 0 Å². The molecule has 0 spiro atoms. The van der Waals surface area contributed by atoms with E-state index in [1.54, 1.807) is 23.1 Å². The molecule has 0 saturated heterocycles. The molecule has 122 valence electrons. The molecule has 1 amide bonds. The summed E-state index contributed by atoms with van der Waals surface area (Å²) in [6.07, 6.45) is 5.65. The third-order valence-corrected chi connectivity index (χ3v) is 3.88. The Morgan fingerprint density at radius 1 is 1.38 bits per heavy atom. The average Bonchev–Trinajstić information content (AvgIpc) is 3.35. The highest BCUT2D eigenvalue weighted by Gasteiger charge is 2.30. The molecule has 1 aliphatic rings. The van der Waals surface area contributed by atoms with E-state index in [9.17, 15) is 4.79 Å². The second-order valence-electron chi connectivity index (χ2n) is 5.74. The Kier molecular flexibility index (Phi) is 3.37. The fourth-order valence-electron chi connectivity index (χ4n) is 2.66. The minimum Gasteiger partial charge on any atom is -0.467 e. The minimum atomic E-state index is -0.168. The van der Waals surface area contributed by atoms with Crippen LogP contribution >= 0.6 is 0 Å². The number of hydrogen-bond donors (Lipinski definition) is 1. The molecule has 24 heavy (non-hydrogen) atoms. The molecule has 0 atom stereocenters. The smallest absolute Gasteiger partial charge is 0.318 e. The number of amides is 1. The number of pyridine rings is 1. The van der Waals surface area contributed by atoms with Gasteiger partial charge in [0.25, 0.3) is 0 Å². The number of anilines is 1. The third-order valence-electron chi connectivity index (χ3n) is 3.88. The van der Waals surface area contributed by atoms with E-state index in [0.717, 1.165) is 29.4 Å². The van der Waals surface area contributed by atoms with E-state index in [1.165, 1.54) is 14.0 Å². The molecule has 0 radical (unpaired) electrons. The summed E-state index contributed by atoms with van der Waals surface area (Å²) in [7, 11) is 1.52. The average molecular weight is 324 g/mol. The van der Waals surface area contributed by atoms with Gasteiger partial charge in [-0.05, 0) is 12.8 Å². The fourth-order valence-corrected chi connectivity index (χ4v) is 2.66. The molecule has 4 rings (SSSR count). The Balaban J connectivity index is 1.90. The first-order valence-electron chi connectivity index (χ1n) is 7.69. The van der Waals surface area contributed by atoms with E-state index in [0.29, 0.717) is 17.6 Å². The van der Waals surface area contributed by atoms with Crippen molar-refractivity contribution in [2.75, 3.05) is 12.4 Å². The first kappa shape index (κ1) is 14.6. The van der Waals surface area contributed by atoms with Crippen molar-refractivity contribution < 1.29 is 9.53 Å². The zero-order chi connectivity index (χ0) is 16.7. The van der Waals surface area contributed by atoms with Crippen LogP contribution in [0.4, 0.5) is 5.82 Å². The van der Waals surface area contributed by atoms with Crippen molar-refractivity contribution in [2.24, 2.45) is 0 Å². The first-order valence-corrected chi connectivity index (χ1v) is 7.69. The lowest BCUT2D eigenvalue weighted by Crippen LogP contribution is -2.07. The molecule has 0 bridgehead atoms. The van der Waals surface area contributed by atoms with E-state index in [4.69, 9.17) is 9.84 Å². The molecule has 1 fully saturated rings. The zero-order valence-electron chi connectivity index (χ0n) is 13.4. The van der Waals surface area contributed by atoms with E-state index in [-0.39, 0.29) is 11.9 Å². The van der Waals surface area contributed by atoms with Crippen molar-refractivity contribution in [1.29, 1.82) is 0 Å². The SMILES string of the molecule is COc1nccc(-n2nc(C3CC3)c3cnc(NC(C)=O)cc32)n1. The molecule has 0 aliphatic heterocycles. The Labute approximate surface area is 137 Å². The molecule has 3 aromatic rings. The zero-order valence-corrected chi connectivity index (χ0v) is 13.4. The monoisotopic (exact) mass is 324 g/mol. The van der Waals surface area contributed by atoms with Gasteiger partial charge in [-0.3, -0.25) is 4.79 Å². The highest BCUT2D eigenvalue weighted by atomic mass is 16.5. The largest absolute Gasteiger partial charge is 0.467 e. The van der Waals surface area contributed by atoms with Gasteiger partial charge >= 0.3 is 6.01 Å². The summed E-state index contributed by atoms with van der Waals surface area (Å²) < 4.78 is 6.85. The molecule has 1 saturated carbocycles. The summed E-state index contributed by atoms with van der Waals surface area (Å²) in [5.41, 5.74) is 1.86. The van der Waals surface area contributed by atoms with Crippen LogP contribution in [0.1, 0.15) is 31.4 Å². The van der Waals surface area contributed by atoms with E-state index >= 15 is 0 Å². The Morgan fingerprint density at radius 2 is 2.21 bits per heavy atom. The van der Waals surface area contributed by atoms with Crippen LogP contribution in [-0.4, -0.2) is 37.7 Å². The Bertz CT molecular complexity index is 931. The van der Waals surface area contributed by atoms with E-state index in [1.807, 2.05) is 6.07 Å². The normalized spacial score (nSPS) is 13.9. The maximum Gasteiger partial charge on any atom is 0.318 e. The first-order chi connectivity index (χ1) is 11.7. The van der Waals surface area contributed by atoms with Crippen molar-refractivity contribution in [3.05, 3.63) is 30.2 Å². The van der Waals surface area contributed by atoms with Gasteiger partial charge in [-0.1, -0.05) is 0 Å². The number of fused-ring (bicyclic) bond motifs is 1. The van der Waals surface area contributed by atoms with Crippen molar-refractivity contribution >= 4 is 22.6 Å². The molecular weight excluding hydrogens is 308 g/mol. The molecule has 0 aromatic carbocycles. The summed E-state index contributed by atoms with van der Waals surface area (Å²) in [4.78, 5) is 24.0. The van der Waals surface area contributed by atoms with Crippen LogP contribution in [0, 0.1) is 0 Å². The molecule has 0 unspecified atom stereocenters. The second kappa shape index (κ2) is 5.55. The number of carbonyl (C=O) groups excluding carboxylic acids is 1. The van der Waals surface area contributed by atoms with E-state index < -0.39 is 0 Å². The van der Waals surface area contributed by atoms with Gasteiger partial charge in [-0.15, -0.1) is 0 Å². The summed E-state index contributed by atoms with van der Waals surface area (Å²) in [6, 6.07) is 3.86. The van der Waals surface area contributed by atoms with Gasteiger partial charge in [0.2, 0.25) is 5.91 Å². The van der Waals surface area contributed by atoms with Crippen LogP contribution in [0.5, 0.6) is 6.01 Å². The topological polar surface area (TPSA) is 94.8 Å². The number of aromatic nitrogens is 5. The second-order valence-corrected chi connectivity index (χ2v) is 5.74. The number of ether oxygens (including phenoxy) is 1. The third kappa shape index (κ3) is 2.55. The van der Waals surface area contributed by atoms with Crippen LogP contribution in [0.2, 0.25) is 0 Å². The molecule has 3 heterocycles. The number of carbonyl (C=O) groups is 1. The molecule has 3 aromatic heterocycles. The van der Waals surface area contributed by atoms with Crippen molar-refractivity contribution in [3.63, 3.8) is 0 Å². The van der Waals surface area contributed by atoms with Gasteiger partial charge < -0.3 is 10.1 Å². The van der Waals surface area contributed by atoms with E-state index in [2.05, 4.69) is 20.3 Å². The van der Waals surface area contributed by atoms with Crippen LogP contribution < -0.4 is 10.1 Å². The minimum absolute atomic E-state index is 0.168. The fraction of sp³-hybridized carbons (Fsp3) is 0.312. The lowest BCUT2D eigenvalue weighted by Gasteiger charge is -2.05. The van der Waals surface area contributed by atoms with Gasteiger partial charge in [-0.25, -0.2) is 14.6 Å². The number of rotatable bonds is 4. The highest BCUT2D eigenvalue weighted by molar-refractivity contribution is 5.91. The van der Waals surface area contributed by atoms with Gasteiger partial charge in [0.05, 0.1) is 18.3 Å². The Hall–Kier alpha value is -3.03. The predicted molar refractivity (Wildman–Crippen MR) is 87.3 cm³/mol. The van der Waals surface area contributed by atoms with Gasteiger partial charge in [0.15, 0.2) is 5.82 Å². The van der Waals surface area contributed by atoms with Crippen molar-refractivity contribution in [2.45, 2.75) is 25.7 Å². The van der Waals surface area contributed by atoms with Gasteiger partial charge in [0, 0.05) is 42.8 Å². The number of hydrogen-bond acceptors (Lipinski definition) is 6. The summed E-state index contributed by atoms with van der Waals surface area (Å²) in [6.45, 7) is 1.45. The molecule has 1 aliphatic carbocycles. The molecule has 8 nitrogen and oxygen atoms in total. The number of nitrogens with one attached hydrogen (secondary N) is 1. The van der Waals surface area contributed by atoms with Gasteiger partial charge in [0.1, 0.15) is 5.82 Å². The van der Waals surface area contributed by atoms with Crippen molar-refractivity contribution in [3.8, 4) is 11.8 Å². The number of methoxy groups -OCH3 is 1. The summed E-state index contributed by atoms with van der Waals surface area (Å²) >= 11 is 0. The molecule has 8 heteroatoms. The summed E-state index contributed by atoms with van der Waals surface area (Å²) in [5.74, 6) is 1.39. The number of nitrogens with zero attached hydrogens (tertiary/aromatic N) is 5. The van der Waals surface area contributed by atoms with Crippen LogP contribution in [-0.2, 0) is 4.79 Å². The molecule has 1 N–H and O–H groups in total. The lowest BCUT2D eigenvalue weighted by molar-refractivity contribution is -0.114. The van der Waals surface area contributed by atoms with Crippen LogP contribution in [0.25, 0.3) is 16.7 Å². The maximum atomic E-state index is 11.3. The predicted octanol–water partition coefficient (Wildman–Crippen LogP) is 2.05. The molecular formula is C16H16N6O2. The summed E-state index contributed by atoms with van der Waals surface area (Å²) in [5, 5.41) is 8.42. The van der Waals surface area contributed by atoms with Crippen molar-refractivity contribution in [1.82, 2.24) is 24.7 Å². The quantitative estimate of drug-likeness (QED) is 0.789.